The Hall–Kier alpha value is -1.49. The number of hydrogen-bond donors (Lipinski definition) is 0. The normalized spacial score (nSPS) is 17.5. The number of hydrogen-bond acceptors (Lipinski definition) is 3. The number of piperazine rings is 1. The van der Waals surface area contributed by atoms with Gasteiger partial charge in [-0.25, -0.2) is 9.37 Å². The second-order valence-electron chi connectivity index (χ2n) is 3.96. The quantitative estimate of drug-likeness (QED) is 0.700. The van der Waals surface area contributed by atoms with Crippen molar-refractivity contribution >= 4 is 5.91 Å². The lowest BCUT2D eigenvalue weighted by atomic mass is 10.2. The molecule has 86 valence electrons. The van der Waals surface area contributed by atoms with Crippen molar-refractivity contribution in [1.82, 2.24) is 14.8 Å². The molecule has 0 aromatic carbocycles. The molecule has 1 aromatic heterocycles. The molecule has 1 fully saturated rings. The zero-order valence-corrected chi connectivity index (χ0v) is 9.19. The second-order valence-corrected chi connectivity index (χ2v) is 3.96. The average molecular weight is 223 g/mol. The van der Waals surface area contributed by atoms with E-state index in [9.17, 15) is 9.18 Å². The number of aromatic nitrogens is 1. The van der Waals surface area contributed by atoms with Crippen LogP contribution < -0.4 is 0 Å². The first-order chi connectivity index (χ1) is 7.66. The van der Waals surface area contributed by atoms with Crippen LogP contribution in [0, 0.1) is 5.82 Å². The smallest absolute Gasteiger partial charge is 0.272 e. The predicted molar refractivity (Wildman–Crippen MR) is 57.6 cm³/mol. The summed E-state index contributed by atoms with van der Waals surface area (Å²) in [6.07, 6.45) is 1.07. The maximum Gasteiger partial charge on any atom is 0.272 e. The molecule has 1 aromatic rings. The molecule has 0 unspecified atom stereocenters. The summed E-state index contributed by atoms with van der Waals surface area (Å²) in [7, 11) is 2.03. The topological polar surface area (TPSA) is 36.4 Å². The molecule has 0 radical (unpaired) electrons. The minimum atomic E-state index is -0.421. The SMILES string of the molecule is CN1CCN(C(=O)c2ccc(F)cn2)CC1. The molecule has 5 heteroatoms. The Labute approximate surface area is 93.7 Å². The monoisotopic (exact) mass is 223 g/mol. The van der Waals surface area contributed by atoms with Gasteiger partial charge in [-0.2, -0.15) is 0 Å². The van der Waals surface area contributed by atoms with Gasteiger partial charge in [0.25, 0.3) is 5.91 Å². The first-order valence-corrected chi connectivity index (χ1v) is 5.26. The Morgan fingerprint density at radius 2 is 2.00 bits per heavy atom. The molecule has 0 aliphatic carbocycles. The molecule has 1 saturated heterocycles. The molecule has 16 heavy (non-hydrogen) atoms. The largest absolute Gasteiger partial charge is 0.335 e. The molecule has 1 aliphatic heterocycles. The summed E-state index contributed by atoms with van der Waals surface area (Å²) in [5, 5.41) is 0. The molecule has 4 nitrogen and oxygen atoms in total. The van der Waals surface area contributed by atoms with Crippen LogP contribution >= 0.6 is 0 Å². The standard InChI is InChI=1S/C11H14FN3O/c1-14-4-6-15(7-5-14)11(16)10-3-2-9(12)8-13-10/h2-3,8H,4-7H2,1H3. The predicted octanol–water partition coefficient (Wildman–Crippen LogP) is 0.608. The minimum Gasteiger partial charge on any atom is -0.335 e. The number of carbonyl (C=O) groups excluding carboxylic acids is 1. The van der Waals surface area contributed by atoms with Gasteiger partial charge in [-0.1, -0.05) is 0 Å². The maximum absolute atomic E-state index is 12.6. The molecular weight excluding hydrogens is 209 g/mol. The van der Waals surface area contributed by atoms with Crippen molar-refractivity contribution in [3.63, 3.8) is 0 Å². The zero-order valence-electron chi connectivity index (χ0n) is 9.19. The highest BCUT2D eigenvalue weighted by Crippen LogP contribution is 2.06. The van der Waals surface area contributed by atoms with Gasteiger partial charge in [-0.15, -0.1) is 0 Å². The van der Waals surface area contributed by atoms with E-state index >= 15 is 0 Å². The minimum absolute atomic E-state index is 0.117. The second kappa shape index (κ2) is 4.57. The van der Waals surface area contributed by atoms with Gasteiger partial charge in [-0.05, 0) is 19.2 Å². The fraction of sp³-hybridized carbons (Fsp3) is 0.455. The van der Waals surface area contributed by atoms with Gasteiger partial charge < -0.3 is 9.80 Å². The molecular formula is C11H14FN3O. The number of likely N-dealkylation sites (N-methyl/N-ethyl adjacent to an activating group) is 1. The number of pyridine rings is 1. The lowest BCUT2D eigenvalue weighted by molar-refractivity contribution is 0.0658. The molecule has 1 amide bonds. The summed E-state index contributed by atoms with van der Waals surface area (Å²) >= 11 is 0. The number of rotatable bonds is 1. The van der Waals surface area contributed by atoms with Gasteiger partial charge in [0.15, 0.2) is 0 Å². The lowest BCUT2D eigenvalue weighted by Crippen LogP contribution is -2.47. The molecule has 0 bridgehead atoms. The average Bonchev–Trinajstić information content (AvgIpc) is 2.30. The van der Waals surface area contributed by atoms with Crippen LogP contribution in [0.3, 0.4) is 0 Å². The Kier molecular flexibility index (Phi) is 3.14. The maximum atomic E-state index is 12.6. The molecule has 0 spiro atoms. The fourth-order valence-electron chi connectivity index (χ4n) is 1.67. The van der Waals surface area contributed by atoms with Crippen LogP contribution in [-0.2, 0) is 0 Å². The van der Waals surface area contributed by atoms with E-state index in [4.69, 9.17) is 0 Å². The van der Waals surface area contributed by atoms with E-state index in [-0.39, 0.29) is 5.91 Å². The van der Waals surface area contributed by atoms with Crippen molar-refractivity contribution < 1.29 is 9.18 Å². The van der Waals surface area contributed by atoms with Gasteiger partial charge in [-0.3, -0.25) is 4.79 Å². The zero-order chi connectivity index (χ0) is 11.5. The number of nitrogens with zero attached hydrogens (tertiary/aromatic N) is 3. The van der Waals surface area contributed by atoms with Crippen LogP contribution in [0.25, 0.3) is 0 Å². The van der Waals surface area contributed by atoms with Crippen LogP contribution in [0.5, 0.6) is 0 Å². The third-order valence-electron chi connectivity index (χ3n) is 2.74. The Balaban J connectivity index is 2.05. The van der Waals surface area contributed by atoms with Crippen LogP contribution in [0.1, 0.15) is 10.5 Å². The molecule has 2 rings (SSSR count). The summed E-state index contributed by atoms with van der Waals surface area (Å²) in [6, 6.07) is 2.69. The van der Waals surface area contributed by atoms with Gasteiger partial charge >= 0.3 is 0 Å². The molecule has 0 saturated carbocycles. The van der Waals surface area contributed by atoms with Crippen LogP contribution in [0.15, 0.2) is 18.3 Å². The highest BCUT2D eigenvalue weighted by atomic mass is 19.1. The van der Waals surface area contributed by atoms with E-state index in [0.29, 0.717) is 18.8 Å². The van der Waals surface area contributed by atoms with E-state index in [1.807, 2.05) is 7.05 Å². The molecule has 1 aliphatic rings. The molecule has 2 heterocycles. The number of carbonyl (C=O) groups is 1. The summed E-state index contributed by atoms with van der Waals surface area (Å²) in [5.41, 5.74) is 0.311. The highest BCUT2D eigenvalue weighted by Gasteiger charge is 2.20. The number of halogens is 1. The van der Waals surface area contributed by atoms with Crippen molar-refractivity contribution in [3.05, 3.63) is 29.8 Å². The number of amides is 1. The first kappa shape index (κ1) is 11.0. The highest BCUT2D eigenvalue weighted by molar-refractivity contribution is 5.92. The summed E-state index contributed by atoms with van der Waals surface area (Å²) < 4.78 is 12.6. The van der Waals surface area contributed by atoms with E-state index in [0.717, 1.165) is 19.3 Å². The fourth-order valence-corrected chi connectivity index (χ4v) is 1.67. The van der Waals surface area contributed by atoms with Crippen molar-refractivity contribution in [3.8, 4) is 0 Å². The van der Waals surface area contributed by atoms with Gasteiger partial charge in [0, 0.05) is 26.2 Å². The van der Waals surface area contributed by atoms with Crippen molar-refractivity contribution in [1.29, 1.82) is 0 Å². The van der Waals surface area contributed by atoms with E-state index in [1.165, 1.54) is 12.1 Å². The summed E-state index contributed by atoms with van der Waals surface area (Å²) in [6.45, 7) is 3.14. The Morgan fingerprint density at radius 1 is 1.31 bits per heavy atom. The van der Waals surface area contributed by atoms with Crippen LogP contribution in [0.4, 0.5) is 4.39 Å². The molecule has 0 N–H and O–H groups in total. The van der Waals surface area contributed by atoms with Crippen molar-refractivity contribution in [2.24, 2.45) is 0 Å². The third-order valence-corrected chi connectivity index (χ3v) is 2.74. The van der Waals surface area contributed by atoms with E-state index in [1.54, 1.807) is 4.90 Å². The van der Waals surface area contributed by atoms with Gasteiger partial charge in [0.1, 0.15) is 11.5 Å². The van der Waals surface area contributed by atoms with Crippen LogP contribution in [-0.4, -0.2) is 53.9 Å². The first-order valence-electron chi connectivity index (χ1n) is 5.26. The van der Waals surface area contributed by atoms with Crippen molar-refractivity contribution in [2.45, 2.75) is 0 Å². The Morgan fingerprint density at radius 3 is 2.56 bits per heavy atom. The third kappa shape index (κ3) is 2.36. The van der Waals surface area contributed by atoms with Gasteiger partial charge in [0.05, 0.1) is 6.20 Å². The summed E-state index contributed by atoms with van der Waals surface area (Å²) in [4.78, 5) is 19.7. The van der Waals surface area contributed by atoms with E-state index < -0.39 is 5.82 Å². The van der Waals surface area contributed by atoms with Gasteiger partial charge in [0.2, 0.25) is 0 Å². The lowest BCUT2D eigenvalue weighted by Gasteiger charge is -2.32. The van der Waals surface area contributed by atoms with E-state index in [2.05, 4.69) is 9.88 Å². The van der Waals surface area contributed by atoms with Crippen molar-refractivity contribution in [2.75, 3.05) is 33.2 Å². The van der Waals surface area contributed by atoms with Crippen LogP contribution in [0.2, 0.25) is 0 Å². The Bertz CT molecular complexity index is 371. The summed E-state index contributed by atoms with van der Waals surface area (Å²) in [5.74, 6) is -0.539. The molecule has 0 atom stereocenters.